The van der Waals surface area contributed by atoms with Crippen LogP contribution in [0.15, 0.2) is 18.7 Å². The molecule has 3 N–H and O–H groups in total. The van der Waals surface area contributed by atoms with Crippen LogP contribution in [0.25, 0.3) is 5.57 Å². The fourth-order valence-electron chi connectivity index (χ4n) is 1.25. The van der Waals surface area contributed by atoms with E-state index < -0.39 is 0 Å². The highest BCUT2D eigenvalue weighted by atomic mass is 16.3. The maximum Gasteiger partial charge on any atom is 0.126 e. The molecule has 0 amide bonds. The molecule has 0 unspecified atom stereocenters. The Morgan fingerprint density at radius 3 is 1.93 bits per heavy atom. The summed E-state index contributed by atoms with van der Waals surface area (Å²) in [5.41, 5.74) is 2.47. The lowest BCUT2D eigenvalue weighted by Crippen LogP contribution is -1.94. The van der Waals surface area contributed by atoms with E-state index in [1.165, 1.54) is 0 Å². The van der Waals surface area contributed by atoms with E-state index in [-0.39, 0.29) is 19.0 Å². The molecule has 0 spiro atoms. The van der Waals surface area contributed by atoms with Gasteiger partial charge in [-0.25, -0.2) is 0 Å². The summed E-state index contributed by atoms with van der Waals surface area (Å²) in [7, 11) is 0. The molecule has 3 nitrogen and oxygen atoms in total. The summed E-state index contributed by atoms with van der Waals surface area (Å²) in [5.74, 6) is -0.0417. The Balaban J connectivity index is 3.32. The molecule has 0 heterocycles. The van der Waals surface area contributed by atoms with Crippen molar-refractivity contribution in [2.75, 3.05) is 0 Å². The number of aromatic hydroxyl groups is 1. The molecule has 0 aliphatic carbocycles. The number of benzene rings is 1. The van der Waals surface area contributed by atoms with Crippen molar-refractivity contribution in [2.45, 2.75) is 20.1 Å². The number of phenols is 1. The Hall–Kier alpha value is -1.32. The molecule has 0 saturated carbocycles. The van der Waals surface area contributed by atoms with Crippen LogP contribution >= 0.6 is 0 Å². The minimum Gasteiger partial charge on any atom is -0.507 e. The molecule has 76 valence electrons. The number of hydrogen-bond donors (Lipinski definition) is 3. The first-order chi connectivity index (χ1) is 6.60. The zero-order valence-corrected chi connectivity index (χ0v) is 8.12. The van der Waals surface area contributed by atoms with Crippen LogP contribution in [0.5, 0.6) is 5.75 Å². The van der Waals surface area contributed by atoms with E-state index in [1.807, 2.05) is 6.92 Å². The molecule has 0 fully saturated rings. The van der Waals surface area contributed by atoms with Crippen molar-refractivity contribution in [1.82, 2.24) is 0 Å². The van der Waals surface area contributed by atoms with Gasteiger partial charge in [-0.2, -0.15) is 0 Å². The van der Waals surface area contributed by atoms with Crippen LogP contribution in [0.4, 0.5) is 0 Å². The summed E-state index contributed by atoms with van der Waals surface area (Å²) in [6, 6.07) is 3.33. The topological polar surface area (TPSA) is 60.7 Å². The van der Waals surface area contributed by atoms with Crippen molar-refractivity contribution < 1.29 is 15.3 Å². The third-order valence-corrected chi connectivity index (χ3v) is 2.10. The second kappa shape index (κ2) is 4.26. The van der Waals surface area contributed by atoms with Gasteiger partial charge in [0, 0.05) is 11.1 Å². The Morgan fingerprint density at radius 2 is 1.64 bits per heavy atom. The highest BCUT2D eigenvalue weighted by molar-refractivity contribution is 5.64. The first-order valence-electron chi connectivity index (χ1n) is 4.32. The maximum atomic E-state index is 9.55. The maximum absolute atomic E-state index is 9.55. The van der Waals surface area contributed by atoms with Crippen molar-refractivity contribution in [3.63, 3.8) is 0 Å². The fourth-order valence-corrected chi connectivity index (χ4v) is 1.25. The van der Waals surface area contributed by atoms with Gasteiger partial charge < -0.3 is 15.3 Å². The molecular weight excluding hydrogens is 180 g/mol. The van der Waals surface area contributed by atoms with E-state index in [2.05, 4.69) is 6.58 Å². The first kappa shape index (κ1) is 10.8. The standard InChI is InChI=1S/C11H14O3/c1-7(2)8-3-9(5-12)11(14)10(4-8)6-13/h3-4,12-14H,1,5-6H2,2H3. The van der Waals surface area contributed by atoms with Crippen LogP contribution in [-0.2, 0) is 13.2 Å². The van der Waals surface area contributed by atoms with Gasteiger partial charge in [0.1, 0.15) is 5.75 Å². The molecule has 0 radical (unpaired) electrons. The van der Waals surface area contributed by atoms with Crippen molar-refractivity contribution in [2.24, 2.45) is 0 Å². The first-order valence-corrected chi connectivity index (χ1v) is 4.32. The molecule has 3 heteroatoms. The summed E-state index contributed by atoms with van der Waals surface area (Å²) in [6.45, 7) is 5.09. The largest absolute Gasteiger partial charge is 0.507 e. The van der Waals surface area contributed by atoms with Crippen molar-refractivity contribution >= 4 is 5.57 Å². The van der Waals surface area contributed by atoms with E-state index in [0.29, 0.717) is 11.1 Å². The SMILES string of the molecule is C=C(C)c1cc(CO)c(O)c(CO)c1. The average molecular weight is 194 g/mol. The Labute approximate surface area is 82.9 Å². The molecule has 0 aliphatic heterocycles. The Morgan fingerprint density at radius 1 is 1.21 bits per heavy atom. The second-order valence-electron chi connectivity index (χ2n) is 3.24. The summed E-state index contributed by atoms with van der Waals surface area (Å²) in [4.78, 5) is 0. The number of aliphatic hydroxyl groups is 2. The molecule has 1 aromatic rings. The average Bonchev–Trinajstić information content (AvgIpc) is 2.17. The van der Waals surface area contributed by atoms with Gasteiger partial charge in [0.2, 0.25) is 0 Å². The highest BCUT2D eigenvalue weighted by Crippen LogP contribution is 2.27. The van der Waals surface area contributed by atoms with Gasteiger partial charge in [-0.15, -0.1) is 0 Å². The molecule has 1 rings (SSSR count). The van der Waals surface area contributed by atoms with Gasteiger partial charge in [-0.3, -0.25) is 0 Å². The number of allylic oxidation sites excluding steroid dienone is 1. The van der Waals surface area contributed by atoms with Crippen molar-refractivity contribution in [3.8, 4) is 5.75 Å². The van der Waals surface area contributed by atoms with E-state index in [1.54, 1.807) is 12.1 Å². The molecular formula is C11H14O3. The number of hydrogen-bond acceptors (Lipinski definition) is 3. The normalized spacial score (nSPS) is 10.2. The van der Waals surface area contributed by atoms with E-state index in [9.17, 15) is 5.11 Å². The summed E-state index contributed by atoms with van der Waals surface area (Å²) >= 11 is 0. The quantitative estimate of drug-likeness (QED) is 0.681. The smallest absolute Gasteiger partial charge is 0.126 e. The highest BCUT2D eigenvalue weighted by Gasteiger charge is 2.08. The summed E-state index contributed by atoms with van der Waals surface area (Å²) in [5, 5.41) is 27.5. The molecule has 1 aromatic carbocycles. The molecule has 0 bridgehead atoms. The van der Waals surface area contributed by atoms with E-state index in [4.69, 9.17) is 10.2 Å². The van der Waals surface area contributed by atoms with Gasteiger partial charge in [0.15, 0.2) is 0 Å². The van der Waals surface area contributed by atoms with Crippen LogP contribution in [0.2, 0.25) is 0 Å². The van der Waals surface area contributed by atoms with Crippen LogP contribution in [-0.4, -0.2) is 15.3 Å². The van der Waals surface area contributed by atoms with Gasteiger partial charge in [-0.1, -0.05) is 12.2 Å². The second-order valence-corrected chi connectivity index (χ2v) is 3.24. The molecule has 0 saturated heterocycles. The lowest BCUT2D eigenvalue weighted by molar-refractivity contribution is 0.263. The lowest BCUT2D eigenvalue weighted by atomic mass is 10.0. The minimum atomic E-state index is -0.250. The molecule has 0 aromatic heterocycles. The molecule has 0 atom stereocenters. The monoisotopic (exact) mass is 194 g/mol. The minimum absolute atomic E-state index is 0.0417. The lowest BCUT2D eigenvalue weighted by Gasteiger charge is -2.09. The van der Waals surface area contributed by atoms with Gasteiger partial charge in [0.25, 0.3) is 0 Å². The van der Waals surface area contributed by atoms with Crippen molar-refractivity contribution in [3.05, 3.63) is 35.4 Å². The number of aliphatic hydroxyl groups excluding tert-OH is 2. The van der Waals surface area contributed by atoms with Crippen LogP contribution in [0.1, 0.15) is 23.6 Å². The van der Waals surface area contributed by atoms with E-state index >= 15 is 0 Å². The van der Waals surface area contributed by atoms with E-state index in [0.717, 1.165) is 11.1 Å². The van der Waals surface area contributed by atoms with Crippen LogP contribution in [0.3, 0.4) is 0 Å². The number of rotatable bonds is 3. The van der Waals surface area contributed by atoms with Gasteiger partial charge >= 0.3 is 0 Å². The van der Waals surface area contributed by atoms with Gasteiger partial charge in [0.05, 0.1) is 13.2 Å². The predicted octanol–water partition coefficient (Wildman–Crippen LogP) is 1.41. The Kier molecular flexibility index (Phi) is 3.28. The molecule has 0 aliphatic rings. The summed E-state index contributed by atoms with van der Waals surface area (Å²) in [6.07, 6.45) is 0. The predicted molar refractivity (Wildman–Crippen MR) is 54.7 cm³/mol. The van der Waals surface area contributed by atoms with Crippen LogP contribution < -0.4 is 0 Å². The van der Waals surface area contributed by atoms with Gasteiger partial charge in [-0.05, 0) is 24.6 Å². The summed E-state index contributed by atoms with van der Waals surface area (Å²) < 4.78 is 0. The third kappa shape index (κ3) is 1.95. The zero-order chi connectivity index (χ0) is 10.7. The fraction of sp³-hybridized carbons (Fsp3) is 0.273. The Bertz CT molecular complexity index is 331. The van der Waals surface area contributed by atoms with Crippen LogP contribution in [0, 0.1) is 0 Å². The van der Waals surface area contributed by atoms with Crippen molar-refractivity contribution in [1.29, 1.82) is 0 Å². The third-order valence-electron chi connectivity index (χ3n) is 2.10. The molecule has 14 heavy (non-hydrogen) atoms. The zero-order valence-electron chi connectivity index (χ0n) is 8.12.